The maximum Gasteiger partial charge on any atom is 0.265 e. The fourth-order valence-electron chi connectivity index (χ4n) is 3.20. The summed E-state index contributed by atoms with van der Waals surface area (Å²) in [6, 6.07) is 7.19. The van der Waals surface area contributed by atoms with Crippen molar-refractivity contribution in [1.29, 1.82) is 0 Å². The molecule has 1 saturated carbocycles. The van der Waals surface area contributed by atoms with Gasteiger partial charge < -0.3 is 5.32 Å². The summed E-state index contributed by atoms with van der Waals surface area (Å²) in [6.45, 7) is 3.93. The maximum absolute atomic E-state index is 13.1. The smallest absolute Gasteiger partial charge is 0.265 e. The van der Waals surface area contributed by atoms with Gasteiger partial charge in [-0.25, -0.2) is 8.42 Å². The van der Waals surface area contributed by atoms with E-state index in [0.717, 1.165) is 36.8 Å². The average Bonchev–Trinajstić information content (AvgIpc) is 3.28. The Kier molecular flexibility index (Phi) is 5.39. The Hall–Kier alpha value is -1.86. The molecule has 2 aromatic rings. The molecule has 1 aromatic heterocycles. The predicted molar refractivity (Wildman–Crippen MR) is 106 cm³/mol. The summed E-state index contributed by atoms with van der Waals surface area (Å²) >= 11 is 1.17. The third-order valence-corrected chi connectivity index (χ3v) is 7.89. The van der Waals surface area contributed by atoms with Gasteiger partial charge in [-0.2, -0.15) is 0 Å². The minimum atomic E-state index is -3.80. The number of hydrogen-bond acceptors (Lipinski definition) is 4. The molecule has 3 rings (SSSR count). The zero-order valence-electron chi connectivity index (χ0n) is 15.3. The molecule has 1 aliphatic carbocycles. The molecule has 5 nitrogen and oxygen atoms in total. The second-order valence-electron chi connectivity index (χ2n) is 6.81. The summed E-state index contributed by atoms with van der Waals surface area (Å²) in [7, 11) is -2.28. The fraction of sp³-hybridized carbons (Fsp3) is 0.421. The Morgan fingerprint density at radius 1 is 1.15 bits per heavy atom. The zero-order chi connectivity index (χ0) is 18.9. The molecule has 0 unspecified atom stereocenters. The second kappa shape index (κ2) is 7.40. The number of anilines is 1. The van der Waals surface area contributed by atoms with Gasteiger partial charge >= 0.3 is 0 Å². The molecule has 0 spiro atoms. The van der Waals surface area contributed by atoms with E-state index in [4.69, 9.17) is 0 Å². The van der Waals surface area contributed by atoms with Gasteiger partial charge in [0.15, 0.2) is 0 Å². The Balaban J connectivity index is 1.88. The molecule has 0 radical (unpaired) electrons. The Morgan fingerprint density at radius 2 is 1.85 bits per heavy atom. The summed E-state index contributed by atoms with van der Waals surface area (Å²) in [4.78, 5) is 12.9. The monoisotopic (exact) mass is 392 g/mol. The molecule has 0 atom stereocenters. The molecule has 0 bridgehead atoms. The number of nitrogens with zero attached hydrogens (tertiary/aromatic N) is 1. The quantitative estimate of drug-likeness (QED) is 0.840. The van der Waals surface area contributed by atoms with Gasteiger partial charge in [-0.3, -0.25) is 9.10 Å². The van der Waals surface area contributed by atoms with Crippen molar-refractivity contribution in [2.45, 2.75) is 50.5 Å². The lowest BCUT2D eigenvalue weighted by Gasteiger charge is -2.21. The van der Waals surface area contributed by atoms with Crippen molar-refractivity contribution in [3.63, 3.8) is 0 Å². The van der Waals surface area contributed by atoms with Gasteiger partial charge in [0.1, 0.15) is 9.77 Å². The molecule has 1 aromatic carbocycles. The molecule has 0 aliphatic heterocycles. The van der Waals surface area contributed by atoms with E-state index in [-0.39, 0.29) is 21.7 Å². The summed E-state index contributed by atoms with van der Waals surface area (Å²) in [5, 5.41) is 4.63. The van der Waals surface area contributed by atoms with Crippen LogP contribution in [0.2, 0.25) is 0 Å². The molecular weight excluding hydrogens is 368 g/mol. The van der Waals surface area contributed by atoms with Crippen LogP contribution in [0.1, 0.15) is 46.5 Å². The number of benzene rings is 1. The van der Waals surface area contributed by atoms with Crippen LogP contribution in [0, 0.1) is 13.8 Å². The van der Waals surface area contributed by atoms with Gasteiger partial charge in [0.25, 0.3) is 15.9 Å². The molecule has 7 heteroatoms. The molecule has 1 aliphatic rings. The van der Waals surface area contributed by atoms with Crippen LogP contribution in [0.5, 0.6) is 0 Å². The standard InChI is InChI=1S/C19H24N2O3S2/c1-13-8-9-16(12-14(13)2)21(3)26(23,24)17-10-11-25-18(17)19(22)20-15-6-4-5-7-15/h8-12,15H,4-7H2,1-3H3,(H,20,22). The van der Waals surface area contributed by atoms with Gasteiger partial charge in [0.05, 0.1) is 5.69 Å². The van der Waals surface area contributed by atoms with Crippen molar-refractivity contribution >= 4 is 33.0 Å². The normalized spacial score (nSPS) is 15.2. The summed E-state index contributed by atoms with van der Waals surface area (Å²) < 4.78 is 27.5. The number of hydrogen-bond donors (Lipinski definition) is 1. The third kappa shape index (κ3) is 3.64. The highest BCUT2D eigenvalue weighted by molar-refractivity contribution is 7.93. The first-order valence-electron chi connectivity index (χ1n) is 8.75. The number of amides is 1. The number of thiophene rings is 1. The van der Waals surface area contributed by atoms with E-state index >= 15 is 0 Å². The number of nitrogens with one attached hydrogen (secondary N) is 1. The van der Waals surface area contributed by atoms with Crippen molar-refractivity contribution in [3.8, 4) is 0 Å². The minimum Gasteiger partial charge on any atom is -0.349 e. The highest BCUT2D eigenvalue weighted by atomic mass is 32.2. The van der Waals surface area contributed by atoms with E-state index in [1.165, 1.54) is 28.8 Å². The van der Waals surface area contributed by atoms with E-state index in [1.807, 2.05) is 26.0 Å². The Bertz CT molecular complexity index is 913. The number of carbonyl (C=O) groups excluding carboxylic acids is 1. The maximum atomic E-state index is 13.1. The largest absolute Gasteiger partial charge is 0.349 e. The van der Waals surface area contributed by atoms with Crippen LogP contribution >= 0.6 is 11.3 Å². The third-order valence-electron chi connectivity index (χ3n) is 5.02. The van der Waals surface area contributed by atoms with Gasteiger partial charge in [-0.05, 0) is 61.4 Å². The number of sulfonamides is 1. The SMILES string of the molecule is Cc1ccc(N(C)S(=O)(=O)c2ccsc2C(=O)NC2CCCC2)cc1C. The van der Waals surface area contributed by atoms with Crippen molar-refractivity contribution in [1.82, 2.24) is 5.32 Å². The number of aryl methyl sites for hydroxylation is 2. The van der Waals surface area contributed by atoms with Gasteiger partial charge in [0, 0.05) is 13.1 Å². The van der Waals surface area contributed by atoms with Crippen LogP contribution in [0.3, 0.4) is 0 Å². The zero-order valence-corrected chi connectivity index (χ0v) is 16.9. The van der Waals surface area contributed by atoms with Crippen LogP contribution < -0.4 is 9.62 Å². The summed E-state index contributed by atoms with van der Waals surface area (Å²) in [5.41, 5.74) is 2.71. The highest BCUT2D eigenvalue weighted by Crippen LogP contribution is 2.29. The lowest BCUT2D eigenvalue weighted by molar-refractivity contribution is 0.0939. The van der Waals surface area contributed by atoms with Crippen LogP contribution in [0.4, 0.5) is 5.69 Å². The second-order valence-corrected chi connectivity index (χ2v) is 9.66. The van der Waals surface area contributed by atoms with E-state index in [1.54, 1.807) is 11.4 Å². The summed E-state index contributed by atoms with van der Waals surface area (Å²) in [5.74, 6) is -0.293. The molecule has 140 valence electrons. The number of rotatable bonds is 5. The molecule has 1 N–H and O–H groups in total. The highest BCUT2D eigenvalue weighted by Gasteiger charge is 2.29. The van der Waals surface area contributed by atoms with Crippen molar-refractivity contribution < 1.29 is 13.2 Å². The van der Waals surface area contributed by atoms with Crippen molar-refractivity contribution in [2.24, 2.45) is 0 Å². The van der Waals surface area contributed by atoms with Gasteiger partial charge in [0.2, 0.25) is 0 Å². The van der Waals surface area contributed by atoms with E-state index in [2.05, 4.69) is 5.32 Å². The molecule has 1 fully saturated rings. The van der Waals surface area contributed by atoms with E-state index in [0.29, 0.717) is 5.69 Å². The van der Waals surface area contributed by atoms with Crippen molar-refractivity contribution in [2.75, 3.05) is 11.4 Å². The van der Waals surface area contributed by atoms with Crippen LogP contribution in [-0.2, 0) is 10.0 Å². The summed E-state index contributed by atoms with van der Waals surface area (Å²) in [6.07, 6.45) is 4.13. The van der Waals surface area contributed by atoms with Crippen LogP contribution in [0.15, 0.2) is 34.5 Å². The van der Waals surface area contributed by atoms with E-state index < -0.39 is 10.0 Å². The molecular formula is C19H24N2O3S2. The molecule has 1 heterocycles. The average molecular weight is 393 g/mol. The molecule has 0 saturated heterocycles. The lowest BCUT2D eigenvalue weighted by Crippen LogP contribution is -2.34. The first kappa shape index (κ1) is 18.9. The topological polar surface area (TPSA) is 66.5 Å². The predicted octanol–water partition coefficient (Wildman–Crippen LogP) is 3.86. The molecule has 1 amide bonds. The first-order chi connectivity index (χ1) is 12.3. The van der Waals surface area contributed by atoms with Crippen LogP contribution in [-0.4, -0.2) is 27.4 Å². The first-order valence-corrected chi connectivity index (χ1v) is 11.1. The number of carbonyl (C=O) groups is 1. The Morgan fingerprint density at radius 3 is 2.50 bits per heavy atom. The van der Waals surface area contributed by atoms with Gasteiger partial charge in [-0.1, -0.05) is 18.9 Å². The van der Waals surface area contributed by atoms with Crippen LogP contribution in [0.25, 0.3) is 0 Å². The molecule has 26 heavy (non-hydrogen) atoms. The van der Waals surface area contributed by atoms with Crippen molar-refractivity contribution in [3.05, 3.63) is 45.6 Å². The Labute approximate surface area is 159 Å². The van der Waals surface area contributed by atoms with Gasteiger partial charge in [-0.15, -0.1) is 11.3 Å². The fourth-order valence-corrected chi connectivity index (χ4v) is 5.68. The van der Waals surface area contributed by atoms with E-state index in [9.17, 15) is 13.2 Å². The lowest BCUT2D eigenvalue weighted by atomic mass is 10.1. The minimum absolute atomic E-state index is 0.0683.